The fourth-order valence-corrected chi connectivity index (χ4v) is 1.32. The molecule has 0 aliphatic heterocycles. The van der Waals surface area contributed by atoms with Gasteiger partial charge in [-0.3, -0.25) is 0 Å². The number of rotatable bonds is 3. The zero-order valence-corrected chi connectivity index (χ0v) is 10.7. The van der Waals surface area contributed by atoms with Crippen molar-refractivity contribution in [1.82, 2.24) is 0 Å². The van der Waals surface area contributed by atoms with E-state index in [1.54, 1.807) is 6.92 Å². The van der Waals surface area contributed by atoms with Crippen LogP contribution in [0.2, 0.25) is 0 Å². The van der Waals surface area contributed by atoms with Crippen molar-refractivity contribution < 1.29 is 13.2 Å². The van der Waals surface area contributed by atoms with E-state index < -0.39 is 11.6 Å². The van der Waals surface area contributed by atoms with Gasteiger partial charge in [0.2, 0.25) is 0 Å². The summed E-state index contributed by atoms with van der Waals surface area (Å²) >= 11 is 0. The minimum atomic E-state index is -0.928. The highest BCUT2D eigenvalue weighted by atomic mass is 19.2. The fraction of sp³-hybridized carbons (Fsp3) is 0.200. The Morgan fingerprint density at radius 3 is 2.28 bits per heavy atom. The van der Waals surface area contributed by atoms with Gasteiger partial charge in [0.25, 0.3) is 0 Å². The molecule has 1 rings (SSSR count). The Morgan fingerprint density at radius 2 is 1.72 bits per heavy atom. The number of allylic oxidation sites excluding steroid dienone is 5. The van der Waals surface area contributed by atoms with Gasteiger partial charge in [0, 0.05) is 5.56 Å². The molecule has 0 aromatic heterocycles. The average Bonchev–Trinajstić information content (AvgIpc) is 2.32. The second kappa shape index (κ2) is 5.71. The van der Waals surface area contributed by atoms with Gasteiger partial charge < -0.3 is 0 Å². The van der Waals surface area contributed by atoms with Crippen LogP contribution in [0.5, 0.6) is 0 Å². The Kier molecular flexibility index (Phi) is 4.54. The molecule has 0 N–H and O–H groups in total. The van der Waals surface area contributed by atoms with E-state index in [4.69, 9.17) is 0 Å². The zero-order chi connectivity index (χ0) is 13.9. The number of hydrogen-bond donors (Lipinski definition) is 0. The van der Waals surface area contributed by atoms with Crippen LogP contribution in [-0.4, -0.2) is 0 Å². The van der Waals surface area contributed by atoms with Gasteiger partial charge in [0.15, 0.2) is 11.6 Å². The molecule has 3 heteroatoms. The van der Waals surface area contributed by atoms with E-state index in [1.807, 2.05) is 0 Å². The van der Waals surface area contributed by atoms with E-state index in [0.29, 0.717) is 11.1 Å². The van der Waals surface area contributed by atoms with Crippen molar-refractivity contribution in [2.45, 2.75) is 20.8 Å². The lowest BCUT2D eigenvalue weighted by Crippen LogP contribution is -1.94. The summed E-state index contributed by atoms with van der Waals surface area (Å²) in [4.78, 5) is 0. The molecule has 0 spiro atoms. The third-order valence-electron chi connectivity index (χ3n) is 2.70. The predicted molar refractivity (Wildman–Crippen MR) is 68.8 cm³/mol. The maximum Gasteiger partial charge on any atom is 0.166 e. The minimum Gasteiger partial charge on any atom is -0.212 e. The van der Waals surface area contributed by atoms with Crippen LogP contribution in [0.25, 0.3) is 5.57 Å². The van der Waals surface area contributed by atoms with Crippen molar-refractivity contribution in [2.24, 2.45) is 0 Å². The van der Waals surface area contributed by atoms with E-state index in [-0.39, 0.29) is 17.0 Å². The van der Waals surface area contributed by atoms with Gasteiger partial charge in [-0.05, 0) is 37.5 Å². The lowest BCUT2D eigenvalue weighted by molar-refractivity contribution is 0.501. The Labute approximate surface area is 105 Å². The monoisotopic (exact) mass is 252 g/mol. The normalized spacial score (nSPS) is 12.8. The summed E-state index contributed by atoms with van der Waals surface area (Å²) in [5.74, 6) is -2.13. The third-order valence-corrected chi connectivity index (χ3v) is 2.70. The van der Waals surface area contributed by atoms with Crippen LogP contribution in [0.3, 0.4) is 0 Å². The molecule has 0 nitrogen and oxygen atoms in total. The number of benzene rings is 1. The van der Waals surface area contributed by atoms with Gasteiger partial charge in [0.05, 0.1) is 5.83 Å². The Bertz CT molecular complexity index is 533. The van der Waals surface area contributed by atoms with Crippen LogP contribution in [0.15, 0.2) is 42.3 Å². The predicted octanol–water partition coefficient (Wildman–Crippen LogP) is 5.11. The third kappa shape index (κ3) is 3.13. The van der Waals surface area contributed by atoms with Crippen molar-refractivity contribution in [3.8, 4) is 0 Å². The van der Waals surface area contributed by atoms with Gasteiger partial charge in [0.1, 0.15) is 0 Å². The highest BCUT2D eigenvalue weighted by Gasteiger charge is 2.11. The van der Waals surface area contributed by atoms with Crippen LogP contribution in [0.4, 0.5) is 13.2 Å². The molecule has 0 saturated heterocycles. The van der Waals surface area contributed by atoms with Crippen LogP contribution >= 0.6 is 0 Å². The van der Waals surface area contributed by atoms with Gasteiger partial charge in [-0.15, -0.1) is 0 Å². The van der Waals surface area contributed by atoms with E-state index in [2.05, 4.69) is 6.58 Å². The van der Waals surface area contributed by atoms with Crippen LogP contribution in [0, 0.1) is 18.6 Å². The van der Waals surface area contributed by atoms with Gasteiger partial charge in [-0.1, -0.05) is 30.9 Å². The quantitative estimate of drug-likeness (QED) is 0.656. The van der Waals surface area contributed by atoms with Crippen molar-refractivity contribution in [2.75, 3.05) is 0 Å². The number of halogens is 3. The maximum absolute atomic E-state index is 13.6. The van der Waals surface area contributed by atoms with Gasteiger partial charge in [-0.2, -0.15) is 0 Å². The summed E-state index contributed by atoms with van der Waals surface area (Å²) in [6.07, 6.45) is 2.94. The first-order chi connectivity index (χ1) is 8.34. The van der Waals surface area contributed by atoms with E-state index in [9.17, 15) is 13.2 Å². The molecule has 0 saturated carbocycles. The van der Waals surface area contributed by atoms with Crippen molar-refractivity contribution in [3.05, 3.63) is 65.0 Å². The molecular weight excluding hydrogens is 237 g/mol. The summed E-state index contributed by atoms with van der Waals surface area (Å²) in [6, 6.07) is 2.94. The molecule has 0 bridgehead atoms. The smallest absolute Gasteiger partial charge is 0.166 e. The lowest BCUT2D eigenvalue weighted by atomic mass is 10.0. The van der Waals surface area contributed by atoms with Gasteiger partial charge in [-0.25, -0.2) is 13.2 Å². The molecule has 1 aromatic rings. The Hall–Kier alpha value is -1.77. The fourth-order valence-electron chi connectivity index (χ4n) is 1.32. The molecule has 0 unspecified atom stereocenters. The topological polar surface area (TPSA) is 0 Å². The molecule has 0 radical (unpaired) electrons. The van der Waals surface area contributed by atoms with Crippen LogP contribution in [0.1, 0.15) is 25.0 Å². The maximum atomic E-state index is 13.6. The molecule has 18 heavy (non-hydrogen) atoms. The average molecular weight is 252 g/mol. The first kappa shape index (κ1) is 14.3. The second-order valence-electron chi connectivity index (χ2n) is 4.13. The summed E-state index contributed by atoms with van der Waals surface area (Å²) in [7, 11) is 0. The summed E-state index contributed by atoms with van der Waals surface area (Å²) in [6.45, 7) is 8.05. The summed E-state index contributed by atoms with van der Waals surface area (Å²) in [5, 5.41) is 0. The van der Waals surface area contributed by atoms with Crippen molar-refractivity contribution >= 4 is 5.57 Å². The van der Waals surface area contributed by atoms with E-state index in [0.717, 1.165) is 0 Å². The van der Waals surface area contributed by atoms with Crippen LogP contribution in [-0.2, 0) is 0 Å². The van der Waals surface area contributed by atoms with Crippen molar-refractivity contribution in [3.63, 3.8) is 0 Å². The Morgan fingerprint density at radius 1 is 1.11 bits per heavy atom. The first-order valence-corrected chi connectivity index (χ1v) is 5.49. The first-order valence-electron chi connectivity index (χ1n) is 5.49. The van der Waals surface area contributed by atoms with E-state index in [1.165, 1.54) is 38.1 Å². The molecule has 0 aliphatic rings. The number of aryl methyl sites for hydroxylation is 1. The standard InChI is InChI=1S/C15H15F3/c1-9(12(4)16)5-6-10(2)13-8-7-11(3)14(17)15(13)18/h5-8H,2H2,1,3-4H3/b6-5-,12-9+. The molecule has 0 atom stereocenters. The van der Waals surface area contributed by atoms with Crippen LogP contribution < -0.4 is 0 Å². The lowest BCUT2D eigenvalue weighted by Gasteiger charge is -2.05. The summed E-state index contributed by atoms with van der Waals surface area (Å²) < 4.78 is 39.8. The van der Waals surface area contributed by atoms with Crippen molar-refractivity contribution in [1.29, 1.82) is 0 Å². The molecule has 0 amide bonds. The summed E-state index contributed by atoms with van der Waals surface area (Å²) in [5.41, 5.74) is 1.04. The zero-order valence-electron chi connectivity index (χ0n) is 10.7. The minimum absolute atomic E-state index is 0.0821. The molecule has 0 heterocycles. The molecule has 1 aromatic carbocycles. The van der Waals surface area contributed by atoms with Gasteiger partial charge >= 0.3 is 0 Å². The molecule has 0 fully saturated rings. The highest BCUT2D eigenvalue weighted by molar-refractivity contribution is 5.73. The molecule has 96 valence electrons. The molecule has 0 aliphatic carbocycles. The number of hydrogen-bond acceptors (Lipinski definition) is 0. The highest BCUT2D eigenvalue weighted by Crippen LogP contribution is 2.23. The van der Waals surface area contributed by atoms with E-state index >= 15 is 0 Å². The SMILES string of the molecule is C=C(/C=C\C(C)=C(/C)F)c1ccc(C)c(F)c1F. The Balaban J connectivity index is 3.07. The second-order valence-corrected chi connectivity index (χ2v) is 4.13. The largest absolute Gasteiger partial charge is 0.212 e. The molecular formula is C15H15F3.